The van der Waals surface area contributed by atoms with E-state index in [1.807, 2.05) is 4.90 Å². The Kier molecular flexibility index (Phi) is 2.88. The van der Waals surface area contributed by atoms with Crippen molar-refractivity contribution in [2.75, 3.05) is 23.7 Å². The normalized spacial score (nSPS) is 25.2. The molecule has 2 unspecified atom stereocenters. The lowest BCUT2D eigenvalue weighted by molar-refractivity contribution is -0.383. The van der Waals surface area contributed by atoms with Gasteiger partial charge in [-0.2, -0.15) is 0 Å². The number of carbonyl (C=O) groups is 1. The Morgan fingerprint density at radius 1 is 1.50 bits per heavy atom. The Balaban J connectivity index is 2.02. The zero-order valence-corrected chi connectivity index (χ0v) is 10.7. The van der Waals surface area contributed by atoms with Crippen molar-refractivity contribution in [1.82, 2.24) is 15.3 Å². The summed E-state index contributed by atoms with van der Waals surface area (Å²) in [6, 6.07) is -0.107. The molecule has 0 saturated carbocycles. The van der Waals surface area contributed by atoms with E-state index in [0.29, 0.717) is 13.1 Å². The molecular weight excluding hydrogens is 264 g/mol. The van der Waals surface area contributed by atoms with E-state index in [4.69, 9.17) is 5.73 Å². The molecule has 0 aliphatic carbocycles. The topological polar surface area (TPSA) is 127 Å². The molecule has 2 atom stereocenters. The van der Waals surface area contributed by atoms with Gasteiger partial charge in [0.1, 0.15) is 6.33 Å². The third kappa shape index (κ3) is 1.82. The number of aromatic nitrogens is 2. The van der Waals surface area contributed by atoms with Crippen LogP contribution in [0, 0.1) is 16.0 Å². The largest absolute Gasteiger partial charge is 0.378 e. The molecule has 0 radical (unpaired) electrons. The third-order valence-electron chi connectivity index (χ3n) is 3.89. The molecule has 2 fully saturated rings. The van der Waals surface area contributed by atoms with Crippen LogP contribution in [-0.4, -0.2) is 39.9 Å². The van der Waals surface area contributed by atoms with E-state index < -0.39 is 4.92 Å². The van der Waals surface area contributed by atoms with Crippen LogP contribution < -0.4 is 16.0 Å². The number of fused-ring (bicyclic) bond motifs is 1. The van der Waals surface area contributed by atoms with Crippen LogP contribution in [0.1, 0.15) is 12.8 Å². The van der Waals surface area contributed by atoms with Gasteiger partial charge in [-0.05, 0) is 12.8 Å². The summed E-state index contributed by atoms with van der Waals surface area (Å²) in [6.07, 6.45) is 2.79. The molecule has 1 amide bonds. The van der Waals surface area contributed by atoms with Crippen LogP contribution >= 0.6 is 0 Å². The number of nitrogen functional groups attached to an aromatic ring is 1. The molecule has 0 aromatic carbocycles. The van der Waals surface area contributed by atoms with Gasteiger partial charge in [0.2, 0.25) is 17.5 Å². The minimum Gasteiger partial charge on any atom is -0.378 e. The molecule has 3 heterocycles. The Bertz CT molecular complexity index is 577. The van der Waals surface area contributed by atoms with Crippen molar-refractivity contribution < 1.29 is 9.72 Å². The summed E-state index contributed by atoms with van der Waals surface area (Å²) in [5.41, 5.74) is 5.31. The summed E-state index contributed by atoms with van der Waals surface area (Å²) in [6.45, 7) is 1.10. The van der Waals surface area contributed by atoms with Crippen molar-refractivity contribution in [2.45, 2.75) is 18.9 Å². The first-order valence-corrected chi connectivity index (χ1v) is 6.39. The maximum absolute atomic E-state index is 11.7. The van der Waals surface area contributed by atoms with E-state index >= 15 is 0 Å². The van der Waals surface area contributed by atoms with Gasteiger partial charge < -0.3 is 16.0 Å². The predicted molar refractivity (Wildman–Crippen MR) is 70.0 cm³/mol. The summed E-state index contributed by atoms with van der Waals surface area (Å²) < 4.78 is 0. The van der Waals surface area contributed by atoms with Crippen molar-refractivity contribution in [2.24, 2.45) is 5.92 Å². The number of amides is 1. The van der Waals surface area contributed by atoms with Crippen LogP contribution in [0.2, 0.25) is 0 Å². The Morgan fingerprint density at radius 3 is 3.05 bits per heavy atom. The predicted octanol–water partition coefficient (Wildman–Crippen LogP) is -0.318. The van der Waals surface area contributed by atoms with Crippen LogP contribution in [0.15, 0.2) is 6.33 Å². The number of nitro groups is 1. The van der Waals surface area contributed by atoms with Crippen LogP contribution in [0.3, 0.4) is 0 Å². The minimum atomic E-state index is -0.571. The molecule has 3 N–H and O–H groups in total. The molecular formula is C11H14N6O3. The van der Waals surface area contributed by atoms with Gasteiger partial charge in [0, 0.05) is 13.1 Å². The zero-order chi connectivity index (χ0) is 14.3. The minimum absolute atomic E-state index is 0.00406. The standard InChI is InChI=1S/C11H14N6O3/c12-9-8(17(19)20)10(15-5-14-9)16-3-1-2-6-7(16)4-13-11(6)18/h5-7H,1-4H2,(H,13,18)(H2,12,14,15). The van der Waals surface area contributed by atoms with E-state index in [9.17, 15) is 14.9 Å². The fourth-order valence-electron chi connectivity index (χ4n) is 2.98. The number of hydrogen-bond donors (Lipinski definition) is 2. The molecule has 0 bridgehead atoms. The summed E-state index contributed by atoms with van der Waals surface area (Å²) in [4.78, 5) is 31.9. The smallest absolute Gasteiger partial charge is 0.353 e. The number of carbonyl (C=O) groups excluding carboxylic acids is 1. The van der Waals surface area contributed by atoms with Gasteiger partial charge in [0.05, 0.1) is 16.9 Å². The van der Waals surface area contributed by atoms with E-state index in [2.05, 4.69) is 15.3 Å². The maximum atomic E-state index is 11.7. The lowest BCUT2D eigenvalue weighted by atomic mass is 9.91. The van der Waals surface area contributed by atoms with Gasteiger partial charge >= 0.3 is 5.69 Å². The molecule has 9 nitrogen and oxygen atoms in total. The Labute approximate surface area is 114 Å². The molecule has 0 spiro atoms. The maximum Gasteiger partial charge on any atom is 0.353 e. The van der Waals surface area contributed by atoms with E-state index in [1.165, 1.54) is 6.33 Å². The summed E-state index contributed by atoms with van der Waals surface area (Å²) in [5.74, 6) is -0.0861. The summed E-state index contributed by atoms with van der Waals surface area (Å²) in [5, 5.41) is 14.0. The van der Waals surface area contributed by atoms with Crippen molar-refractivity contribution in [3.05, 3.63) is 16.4 Å². The highest BCUT2D eigenvalue weighted by atomic mass is 16.6. The first kappa shape index (κ1) is 12.6. The summed E-state index contributed by atoms with van der Waals surface area (Å²) >= 11 is 0. The highest BCUT2D eigenvalue weighted by Crippen LogP contribution is 2.36. The highest BCUT2D eigenvalue weighted by molar-refractivity contribution is 5.83. The lowest BCUT2D eigenvalue weighted by Gasteiger charge is -2.36. The second-order valence-electron chi connectivity index (χ2n) is 4.94. The number of anilines is 2. The van der Waals surface area contributed by atoms with Crippen molar-refractivity contribution in [3.8, 4) is 0 Å². The van der Waals surface area contributed by atoms with Gasteiger partial charge in [-0.1, -0.05) is 0 Å². The number of hydrogen-bond acceptors (Lipinski definition) is 7. The molecule has 9 heteroatoms. The van der Waals surface area contributed by atoms with Gasteiger partial charge in [0.15, 0.2) is 0 Å². The third-order valence-corrected chi connectivity index (χ3v) is 3.89. The zero-order valence-electron chi connectivity index (χ0n) is 10.7. The average molecular weight is 278 g/mol. The van der Waals surface area contributed by atoms with Crippen LogP contribution in [0.5, 0.6) is 0 Å². The van der Waals surface area contributed by atoms with Crippen LogP contribution in [0.25, 0.3) is 0 Å². The van der Waals surface area contributed by atoms with Crippen molar-refractivity contribution >= 4 is 23.2 Å². The molecule has 3 rings (SSSR count). The van der Waals surface area contributed by atoms with Crippen molar-refractivity contribution in [1.29, 1.82) is 0 Å². The van der Waals surface area contributed by atoms with Gasteiger partial charge in [0.25, 0.3) is 0 Å². The fourth-order valence-corrected chi connectivity index (χ4v) is 2.98. The van der Waals surface area contributed by atoms with Crippen LogP contribution in [0.4, 0.5) is 17.3 Å². The second-order valence-corrected chi connectivity index (χ2v) is 4.94. The van der Waals surface area contributed by atoms with Crippen molar-refractivity contribution in [3.63, 3.8) is 0 Å². The van der Waals surface area contributed by atoms with Gasteiger partial charge in [-0.25, -0.2) is 9.97 Å². The molecule has 106 valence electrons. The molecule has 1 aromatic heterocycles. The molecule has 2 saturated heterocycles. The number of piperidine rings is 1. The number of nitrogens with zero attached hydrogens (tertiary/aromatic N) is 4. The van der Waals surface area contributed by atoms with E-state index in [1.54, 1.807) is 0 Å². The molecule has 20 heavy (non-hydrogen) atoms. The lowest BCUT2D eigenvalue weighted by Crippen LogP contribution is -2.46. The monoisotopic (exact) mass is 278 g/mol. The first-order chi connectivity index (χ1) is 9.59. The van der Waals surface area contributed by atoms with Gasteiger partial charge in [-0.3, -0.25) is 14.9 Å². The fraction of sp³-hybridized carbons (Fsp3) is 0.545. The van der Waals surface area contributed by atoms with Gasteiger partial charge in [-0.15, -0.1) is 0 Å². The SMILES string of the molecule is Nc1ncnc(N2CCCC3C(=O)NCC32)c1[N+](=O)[O-]. The Hall–Kier alpha value is -2.45. The molecule has 2 aliphatic heterocycles. The molecule has 2 aliphatic rings. The van der Waals surface area contributed by atoms with E-state index in [-0.39, 0.29) is 35.2 Å². The first-order valence-electron chi connectivity index (χ1n) is 6.39. The van der Waals surface area contributed by atoms with E-state index in [0.717, 1.165) is 12.8 Å². The summed E-state index contributed by atoms with van der Waals surface area (Å²) in [7, 11) is 0. The van der Waals surface area contributed by atoms with Crippen LogP contribution in [-0.2, 0) is 4.79 Å². The number of rotatable bonds is 2. The molecule has 1 aromatic rings. The second kappa shape index (κ2) is 4.58. The highest BCUT2D eigenvalue weighted by Gasteiger charge is 2.43. The number of nitrogens with one attached hydrogen (secondary N) is 1. The Morgan fingerprint density at radius 2 is 2.30 bits per heavy atom. The quantitative estimate of drug-likeness (QED) is 0.560. The average Bonchev–Trinajstić information content (AvgIpc) is 2.80. The number of nitrogens with two attached hydrogens (primary N) is 1.